The molecule has 162 valence electrons. The molecule has 0 bridgehead atoms. The molecule has 6 heteroatoms. The average molecular weight is 412 g/mol. The van der Waals surface area contributed by atoms with Gasteiger partial charge in [-0.15, -0.1) is 0 Å². The van der Waals surface area contributed by atoms with E-state index >= 15 is 0 Å². The largest absolute Gasteiger partial charge is 0.497 e. The Kier molecular flexibility index (Phi) is 6.60. The third-order valence-corrected chi connectivity index (χ3v) is 6.45. The van der Waals surface area contributed by atoms with Gasteiger partial charge in [-0.2, -0.15) is 0 Å². The smallest absolute Gasteiger partial charge is 0.320 e. The SMILES string of the molecule is COc1ccc(CN2CCCCC/C=C\[C@@H]3C[C@H]3NC(=O)[C@@H]3CCCN3C2=O)cc1. The molecule has 3 atom stereocenters. The van der Waals surface area contributed by atoms with E-state index in [1.165, 1.54) is 0 Å². The van der Waals surface area contributed by atoms with E-state index < -0.39 is 0 Å². The van der Waals surface area contributed by atoms with Gasteiger partial charge in [-0.25, -0.2) is 4.79 Å². The van der Waals surface area contributed by atoms with Gasteiger partial charge in [-0.05, 0) is 62.1 Å². The second-order valence-electron chi connectivity index (χ2n) is 8.70. The number of carbonyl (C=O) groups is 2. The fourth-order valence-electron chi connectivity index (χ4n) is 4.53. The molecule has 0 aromatic heterocycles. The predicted molar refractivity (Wildman–Crippen MR) is 116 cm³/mol. The molecule has 1 aliphatic carbocycles. The number of hydrogen-bond donors (Lipinski definition) is 1. The first-order valence-corrected chi connectivity index (χ1v) is 11.3. The molecule has 3 aliphatic rings. The van der Waals surface area contributed by atoms with Gasteiger partial charge in [0, 0.05) is 25.7 Å². The van der Waals surface area contributed by atoms with Crippen LogP contribution in [-0.4, -0.2) is 54.0 Å². The summed E-state index contributed by atoms with van der Waals surface area (Å²) in [4.78, 5) is 30.1. The van der Waals surface area contributed by atoms with E-state index in [4.69, 9.17) is 4.74 Å². The minimum Gasteiger partial charge on any atom is -0.497 e. The van der Waals surface area contributed by atoms with Crippen LogP contribution >= 0.6 is 0 Å². The first kappa shape index (κ1) is 20.8. The Balaban J connectivity index is 1.50. The van der Waals surface area contributed by atoms with Crippen LogP contribution in [0.2, 0.25) is 0 Å². The summed E-state index contributed by atoms with van der Waals surface area (Å²) in [6, 6.07) is 7.76. The summed E-state index contributed by atoms with van der Waals surface area (Å²) in [5.74, 6) is 1.29. The summed E-state index contributed by atoms with van der Waals surface area (Å²) in [5.41, 5.74) is 1.08. The summed E-state index contributed by atoms with van der Waals surface area (Å²) in [6.45, 7) is 1.92. The van der Waals surface area contributed by atoms with Crippen molar-refractivity contribution in [2.45, 2.75) is 63.6 Å². The Bertz CT molecular complexity index is 776. The Labute approximate surface area is 179 Å². The molecule has 30 heavy (non-hydrogen) atoms. The van der Waals surface area contributed by atoms with E-state index in [0.29, 0.717) is 25.6 Å². The maximum absolute atomic E-state index is 13.5. The lowest BCUT2D eigenvalue weighted by atomic mass is 10.1. The number of rotatable bonds is 3. The zero-order valence-corrected chi connectivity index (χ0v) is 17.9. The molecular formula is C24H33N3O3. The quantitative estimate of drug-likeness (QED) is 0.771. The first-order valence-electron chi connectivity index (χ1n) is 11.3. The maximum atomic E-state index is 13.5. The van der Waals surface area contributed by atoms with Crippen LogP contribution in [0.4, 0.5) is 4.79 Å². The van der Waals surface area contributed by atoms with Crippen molar-refractivity contribution in [3.8, 4) is 5.75 Å². The summed E-state index contributed by atoms with van der Waals surface area (Å²) in [6.07, 6.45) is 11.5. The number of benzene rings is 1. The van der Waals surface area contributed by atoms with Crippen LogP contribution in [0.3, 0.4) is 0 Å². The number of ether oxygens (including phenoxy) is 1. The third kappa shape index (κ3) is 4.97. The van der Waals surface area contributed by atoms with Gasteiger partial charge in [0.2, 0.25) is 5.91 Å². The van der Waals surface area contributed by atoms with Crippen molar-refractivity contribution in [2.75, 3.05) is 20.2 Å². The monoisotopic (exact) mass is 411 g/mol. The van der Waals surface area contributed by atoms with E-state index in [9.17, 15) is 9.59 Å². The molecule has 1 aromatic rings. The normalized spacial score (nSPS) is 28.6. The second-order valence-corrected chi connectivity index (χ2v) is 8.70. The summed E-state index contributed by atoms with van der Waals surface area (Å²) < 4.78 is 5.25. The fourth-order valence-corrected chi connectivity index (χ4v) is 4.53. The number of nitrogens with one attached hydrogen (secondary N) is 1. The molecular weight excluding hydrogens is 378 g/mol. The number of urea groups is 1. The van der Waals surface area contributed by atoms with Crippen molar-refractivity contribution in [1.82, 2.24) is 15.1 Å². The fraction of sp³-hybridized carbons (Fsp3) is 0.583. The standard InChI is InChI=1S/C24H33N3O3/c1-30-20-12-10-18(11-13-20)17-26-14-6-4-2-3-5-8-19-16-21(19)25-23(28)22-9-7-15-27(22)24(26)29/h5,8,10-13,19,21-22H,2-4,6-7,9,14-17H2,1H3,(H,25,28)/b8-5-/t19-,21-,22+/m1/s1. The van der Waals surface area contributed by atoms with Crippen LogP contribution in [0.5, 0.6) is 5.75 Å². The van der Waals surface area contributed by atoms with Crippen LogP contribution in [-0.2, 0) is 11.3 Å². The molecule has 4 rings (SSSR count). The van der Waals surface area contributed by atoms with Crippen molar-refractivity contribution in [3.05, 3.63) is 42.0 Å². The molecule has 1 N–H and O–H groups in total. The molecule has 1 aromatic carbocycles. The van der Waals surface area contributed by atoms with Gasteiger partial charge < -0.3 is 19.9 Å². The highest BCUT2D eigenvalue weighted by atomic mass is 16.5. The average Bonchev–Trinajstić information content (AvgIpc) is 3.29. The van der Waals surface area contributed by atoms with Crippen molar-refractivity contribution in [3.63, 3.8) is 0 Å². The minimum atomic E-state index is -0.341. The number of carbonyl (C=O) groups excluding carboxylic acids is 2. The van der Waals surface area contributed by atoms with E-state index in [1.807, 2.05) is 29.2 Å². The molecule has 6 nitrogen and oxygen atoms in total. The van der Waals surface area contributed by atoms with Gasteiger partial charge in [-0.3, -0.25) is 4.79 Å². The molecule has 2 fully saturated rings. The van der Waals surface area contributed by atoms with Crippen molar-refractivity contribution in [1.29, 1.82) is 0 Å². The Morgan fingerprint density at radius 1 is 1.07 bits per heavy atom. The van der Waals surface area contributed by atoms with Crippen LogP contribution in [0.1, 0.15) is 50.5 Å². The van der Waals surface area contributed by atoms with Crippen molar-refractivity contribution < 1.29 is 14.3 Å². The molecule has 0 unspecified atom stereocenters. The molecule has 2 heterocycles. The number of amides is 3. The van der Waals surface area contributed by atoms with Gasteiger partial charge >= 0.3 is 6.03 Å². The summed E-state index contributed by atoms with van der Waals surface area (Å²) >= 11 is 0. The minimum absolute atomic E-state index is 0.0104. The molecule has 0 spiro atoms. The highest BCUT2D eigenvalue weighted by molar-refractivity contribution is 5.88. The predicted octanol–water partition coefficient (Wildman–Crippen LogP) is 3.72. The van der Waals surface area contributed by atoms with Gasteiger partial charge in [0.25, 0.3) is 0 Å². The lowest BCUT2D eigenvalue weighted by molar-refractivity contribution is -0.125. The zero-order valence-electron chi connectivity index (χ0n) is 17.9. The van der Waals surface area contributed by atoms with Crippen LogP contribution in [0.25, 0.3) is 0 Å². The van der Waals surface area contributed by atoms with Crippen LogP contribution in [0.15, 0.2) is 36.4 Å². The summed E-state index contributed by atoms with van der Waals surface area (Å²) in [7, 11) is 1.65. The number of allylic oxidation sites excluding steroid dienone is 1. The van der Waals surface area contributed by atoms with E-state index in [1.54, 1.807) is 12.0 Å². The Morgan fingerprint density at radius 2 is 1.90 bits per heavy atom. The maximum Gasteiger partial charge on any atom is 0.320 e. The molecule has 1 saturated carbocycles. The van der Waals surface area contributed by atoms with Gasteiger partial charge in [-0.1, -0.05) is 30.7 Å². The highest BCUT2D eigenvalue weighted by Crippen LogP contribution is 2.33. The highest BCUT2D eigenvalue weighted by Gasteiger charge is 2.41. The van der Waals surface area contributed by atoms with Gasteiger partial charge in [0.05, 0.1) is 7.11 Å². The van der Waals surface area contributed by atoms with Crippen LogP contribution in [0, 0.1) is 5.92 Å². The Morgan fingerprint density at radius 3 is 2.70 bits per heavy atom. The molecule has 0 radical (unpaired) electrons. The molecule has 1 saturated heterocycles. The van der Waals surface area contributed by atoms with E-state index in [0.717, 1.165) is 56.3 Å². The first-order chi connectivity index (χ1) is 14.7. The lowest BCUT2D eigenvalue weighted by Crippen LogP contribution is -2.51. The number of methoxy groups -OCH3 is 1. The topological polar surface area (TPSA) is 61.9 Å². The van der Waals surface area contributed by atoms with Crippen molar-refractivity contribution in [2.24, 2.45) is 5.92 Å². The second kappa shape index (κ2) is 9.54. The summed E-state index contributed by atoms with van der Waals surface area (Å²) in [5, 5.41) is 3.18. The van der Waals surface area contributed by atoms with Crippen molar-refractivity contribution >= 4 is 11.9 Å². The third-order valence-electron chi connectivity index (χ3n) is 6.45. The van der Waals surface area contributed by atoms with Crippen LogP contribution < -0.4 is 10.1 Å². The number of hydrogen-bond acceptors (Lipinski definition) is 3. The molecule has 2 aliphatic heterocycles. The van der Waals surface area contributed by atoms with E-state index in [2.05, 4.69) is 17.5 Å². The lowest BCUT2D eigenvalue weighted by Gasteiger charge is -2.31. The zero-order chi connectivity index (χ0) is 20.9. The van der Waals surface area contributed by atoms with E-state index in [-0.39, 0.29) is 24.0 Å². The number of nitrogens with zero attached hydrogens (tertiary/aromatic N) is 2. The number of fused-ring (bicyclic) bond motifs is 2. The molecule has 3 amide bonds. The van der Waals surface area contributed by atoms with Gasteiger partial charge in [0.15, 0.2) is 0 Å². The van der Waals surface area contributed by atoms with Gasteiger partial charge in [0.1, 0.15) is 11.8 Å². The Hall–Kier alpha value is -2.50.